The van der Waals surface area contributed by atoms with Crippen LogP contribution in [-0.2, 0) is 24.3 Å². The summed E-state index contributed by atoms with van der Waals surface area (Å²) in [5, 5.41) is 2.66. The second-order valence-corrected chi connectivity index (χ2v) is 8.29. The number of carbonyl (C=O) groups is 2. The zero-order chi connectivity index (χ0) is 20.9. The first-order valence-electron chi connectivity index (χ1n) is 8.69. The molecule has 0 bridgehead atoms. The van der Waals surface area contributed by atoms with Crippen LogP contribution >= 0.6 is 0 Å². The smallest absolute Gasteiger partial charge is 0.321 e. The van der Waals surface area contributed by atoms with E-state index in [1.54, 1.807) is 19.1 Å². The van der Waals surface area contributed by atoms with Gasteiger partial charge in [0.2, 0.25) is 10.0 Å². The summed E-state index contributed by atoms with van der Waals surface area (Å²) in [5.74, 6) is -1.34. The summed E-state index contributed by atoms with van der Waals surface area (Å²) in [6.07, 6.45) is 0. The van der Waals surface area contributed by atoms with Crippen molar-refractivity contribution in [2.45, 2.75) is 32.6 Å². The third kappa shape index (κ3) is 5.64. The Bertz CT molecular complexity index is 1000. The molecule has 0 aliphatic heterocycles. The molecule has 0 spiro atoms. The Morgan fingerprint density at radius 1 is 0.964 bits per heavy atom. The van der Waals surface area contributed by atoms with Crippen molar-refractivity contribution < 1.29 is 22.7 Å². The molecule has 2 aromatic rings. The third-order valence-corrected chi connectivity index (χ3v) is 5.84. The lowest BCUT2D eigenvalue weighted by atomic mass is 10.1. The van der Waals surface area contributed by atoms with E-state index < -0.39 is 35.1 Å². The lowest BCUT2D eigenvalue weighted by Crippen LogP contribution is -2.32. The van der Waals surface area contributed by atoms with E-state index in [0.29, 0.717) is 5.69 Å². The Balaban J connectivity index is 1.85. The van der Waals surface area contributed by atoms with Crippen molar-refractivity contribution >= 4 is 27.6 Å². The second kappa shape index (κ2) is 8.99. The van der Waals surface area contributed by atoms with Crippen molar-refractivity contribution in [1.82, 2.24) is 4.72 Å². The monoisotopic (exact) mass is 404 g/mol. The van der Waals surface area contributed by atoms with Crippen molar-refractivity contribution in [3.05, 3.63) is 58.7 Å². The van der Waals surface area contributed by atoms with Crippen LogP contribution in [0.3, 0.4) is 0 Å². The number of anilines is 1. The summed E-state index contributed by atoms with van der Waals surface area (Å²) < 4.78 is 31.5. The van der Waals surface area contributed by atoms with Gasteiger partial charge in [-0.15, -0.1) is 0 Å². The van der Waals surface area contributed by atoms with Crippen molar-refractivity contribution in [3.63, 3.8) is 0 Å². The summed E-state index contributed by atoms with van der Waals surface area (Å²) >= 11 is 0. The molecule has 2 N–H and O–H groups in total. The number of nitrogens with one attached hydrogen (secondary N) is 2. The maximum Gasteiger partial charge on any atom is 0.321 e. The Labute approximate surface area is 165 Å². The molecule has 1 amide bonds. The fraction of sp³-hybridized carbons (Fsp3) is 0.300. The molecular formula is C20H24N2O5S. The summed E-state index contributed by atoms with van der Waals surface area (Å²) in [4.78, 5) is 23.8. The fourth-order valence-corrected chi connectivity index (χ4v) is 3.44. The van der Waals surface area contributed by atoms with Gasteiger partial charge in [0.05, 0.1) is 4.90 Å². The topological polar surface area (TPSA) is 102 Å². The molecule has 28 heavy (non-hydrogen) atoms. The molecule has 2 aromatic carbocycles. The number of hydrogen-bond donors (Lipinski definition) is 2. The molecule has 2 rings (SSSR count). The minimum Gasteiger partial charge on any atom is -0.455 e. The van der Waals surface area contributed by atoms with Gasteiger partial charge in [0.25, 0.3) is 5.91 Å². The van der Waals surface area contributed by atoms with Gasteiger partial charge >= 0.3 is 5.97 Å². The van der Waals surface area contributed by atoms with Gasteiger partial charge in [-0.3, -0.25) is 9.59 Å². The highest BCUT2D eigenvalue weighted by Gasteiger charge is 2.17. The van der Waals surface area contributed by atoms with Gasteiger partial charge in [0, 0.05) is 5.69 Å². The predicted molar refractivity (Wildman–Crippen MR) is 107 cm³/mol. The van der Waals surface area contributed by atoms with Crippen LogP contribution in [0, 0.1) is 27.7 Å². The quantitative estimate of drug-likeness (QED) is 0.690. The number of benzene rings is 2. The maximum absolute atomic E-state index is 12.3. The third-order valence-electron chi connectivity index (χ3n) is 4.44. The van der Waals surface area contributed by atoms with E-state index >= 15 is 0 Å². The normalized spacial score (nSPS) is 11.1. The van der Waals surface area contributed by atoms with Crippen LogP contribution in [0.5, 0.6) is 0 Å². The number of sulfonamides is 1. The minimum atomic E-state index is -3.84. The molecule has 0 atom stereocenters. The summed E-state index contributed by atoms with van der Waals surface area (Å²) in [6.45, 7) is 6.41. The predicted octanol–water partition coefficient (Wildman–Crippen LogP) is 2.38. The maximum atomic E-state index is 12.3. The molecule has 150 valence electrons. The number of rotatable bonds is 7. The van der Waals surface area contributed by atoms with E-state index in [0.717, 1.165) is 22.3 Å². The number of hydrogen-bond acceptors (Lipinski definition) is 5. The second-order valence-electron chi connectivity index (χ2n) is 6.53. The highest BCUT2D eigenvalue weighted by molar-refractivity contribution is 7.89. The zero-order valence-corrected chi connectivity index (χ0v) is 17.1. The minimum absolute atomic E-state index is 0.0658. The largest absolute Gasteiger partial charge is 0.455 e. The van der Waals surface area contributed by atoms with E-state index in [-0.39, 0.29) is 4.90 Å². The van der Waals surface area contributed by atoms with Crippen LogP contribution in [0.2, 0.25) is 0 Å². The van der Waals surface area contributed by atoms with E-state index in [4.69, 9.17) is 4.74 Å². The van der Waals surface area contributed by atoms with Crippen LogP contribution < -0.4 is 10.0 Å². The summed E-state index contributed by atoms with van der Waals surface area (Å²) in [6, 6.07) is 10.2. The first-order valence-corrected chi connectivity index (χ1v) is 10.2. The first-order chi connectivity index (χ1) is 13.1. The van der Waals surface area contributed by atoms with Gasteiger partial charge in [-0.2, -0.15) is 4.72 Å². The van der Waals surface area contributed by atoms with Crippen LogP contribution in [0.4, 0.5) is 5.69 Å². The van der Waals surface area contributed by atoms with Crippen LogP contribution in [-0.4, -0.2) is 33.4 Å². The van der Waals surface area contributed by atoms with E-state index in [2.05, 4.69) is 10.0 Å². The number of esters is 1. The van der Waals surface area contributed by atoms with Crippen molar-refractivity contribution in [2.75, 3.05) is 18.5 Å². The molecule has 0 saturated heterocycles. The van der Waals surface area contributed by atoms with Crippen LogP contribution in [0.1, 0.15) is 22.3 Å². The van der Waals surface area contributed by atoms with Crippen molar-refractivity contribution in [1.29, 1.82) is 0 Å². The van der Waals surface area contributed by atoms with Gasteiger partial charge in [-0.05, 0) is 68.1 Å². The van der Waals surface area contributed by atoms with Crippen molar-refractivity contribution in [2.24, 2.45) is 0 Å². The highest BCUT2D eigenvalue weighted by Crippen LogP contribution is 2.17. The lowest BCUT2D eigenvalue weighted by molar-refractivity contribution is -0.146. The Kier molecular flexibility index (Phi) is 6.93. The number of carbonyl (C=O) groups excluding carboxylic acids is 2. The molecule has 0 fully saturated rings. The van der Waals surface area contributed by atoms with Crippen LogP contribution in [0.25, 0.3) is 0 Å². The first kappa shape index (κ1) is 21.6. The average molecular weight is 404 g/mol. The summed E-state index contributed by atoms with van der Waals surface area (Å²) in [7, 11) is -3.84. The Hall–Kier alpha value is -2.71. The molecule has 0 aliphatic rings. The van der Waals surface area contributed by atoms with Crippen molar-refractivity contribution in [3.8, 4) is 0 Å². The molecule has 8 heteroatoms. The Morgan fingerprint density at radius 2 is 1.68 bits per heavy atom. The highest BCUT2D eigenvalue weighted by atomic mass is 32.2. The molecule has 0 radical (unpaired) electrons. The van der Waals surface area contributed by atoms with Gasteiger partial charge in [0.1, 0.15) is 6.54 Å². The van der Waals surface area contributed by atoms with E-state index in [1.807, 2.05) is 32.9 Å². The van der Waals surface area contributed by atoms with Gasteiger partial charge < -0.3 is 10.1 Å². The van der Waals surface area contributed by atoms with Gasteiger partial charge in [0.15, 0.2) is 6.61 Å². The SMILES string of the molecule is Cc1ccc(S(=O)(=O)NCC(=O)OCC(=O)Nc2cccc(C)c2C)cc1C. The van der Waals surface area contributed by atoms with E-state index in [9.17, 15) is 18.0 Å². The molecule has 7 nitrogen and oxygen atoms in total. The fourth-order valence-electron chi connectivity index (χ4n) is 2.39. The molecule has 0 unspecified atom stereocenters. The lowest BCUT2D eigenvalue weighted by Gasteiger charge is -2.11. The molecule has 0 saturated carbocycles. The molecule has 0 aliphatic carbocycles. The van der Waals surface area contributed by atoms with Gasteiger partial charge in [-0.25, -0.2) is 8.42 Å². The van der Waals surface area contributed by atoms with Crippen LogP contribution in [0.15, 0.2) is 41.3 Å². The zero-order valence-electron chi connectivity index (χ0n) is 16.3. The summed E-state index contributed by atoms with van der Waals surface area (Å²) in [5.41, 5.74) is 4.37. The number of amides is 1. The number of ether oxygens (including phenoxy) is 1. The number of aryl methyl sites for hydroxylation is 3. The standard InChI is InChI=1S/C20H24N2O5S/c1-13-8-9-17(10-15(13)3)28(25,26)21-11-20(24)27-12-19(23)22-18-7-5-6-14(2)16(18)4/h5-10,21H,11-12H2,1-4H3,(H,22,23). The average Bonchev–Trinajstić information content (AvgIpc) is 2.64. The van der Waals surface area contributed by atoms with Gasteiger partial charge in [-0.1, -0.05) is 18.2 Å². The molecule has 0 heterocycles. The van der Waals surface area contributed by atoms with E-state index in [1.165, 1.54) is 12.1 Å². The molecule has 0 aromatic heterocycles. The molecular weight excluding hydrogens is 380 g/mol. The Morgan fingerprint density at radius 3 is 2.36 bits per heavy atom.